The first-order valence-corrected chi connectivity index (χ1v) is 6.14. The van der Waals surface area contributed by atoms with E-state index in [1.54, 1.807) is 4.90 Å². The number of amides is 1. The normalized spacial score (nSPS) is 18.6. The lowest BCUT2D eigenvalue weighted by atomic mass is 10.1. The van der Waals surface area contributed by atoms with Gasteiger partial charge >= 0.3 is 6.61 Å². The van der Waals surface area contributed by atoms with Crippen molar-refractivity contribution in [2.75, 3.05) is 19.6 Å². The third-order valence-corrected chi connectivity index (χ3v) is 2.98. The smallest absolute Gasteiger partial charge is 0.387 e. The van der Waals surface area contributed by atoms with E-state index in [2.05, 4.69) is 10.1 Å². The summed E-state index contributed by atoms with van der Waals surface area (Å²) in [6, 6.07) is 6.04. The molecular formula is C13H17ClF2N2O2. The van der Waals surface area contributed by atoms with Crippen molar-refractivity contribution >= 4 is 18.3 Å². The fourth-order valence-corrected chi connectivity index (χ4v) is 2.08. The molecule has 0 aliphatic carbocycles. The van der Waals surface area contributed by atoms with E-state index in [0.717, 1.165) is 6.54 Å². The number of nitrogens with one attached hydrogen (secondary N) is 1. The van der Waals surface area contributed by atoms with Gasteiger partial charge in [-0.3, -0.25) is 4.79 Å². The molecule has 4 nitrogen and oxygen atoms in total. The minimum Gasteiger partial charge on any atom is -0.435 e. The highest BCUT2D eigenvalue weighted by molar-refractivity contribution is 5.94. The van der Waals surface area contributed by atoms with Crippen molar-refractivity contribution in [1.82, 2.24) is 10.2 Å². The zero-order valence-electron chi connectivity index (χ0n) is 11.0. The number of carbonyl (C=O) groups is 1. The number of hydrogen-bond acceptors (Lipinski definition) is 3. The van der Waals surface area contributed by atoms with Crippen LogP contribution in [0.3, 0.4) is 0 Å². The minimum atomic E-state index is -2.85. The van der Waals surface area contributed by atoms with Gasteiger partial charge in [0.25, 0.3) is 5.91 Å². The van der Waals surface area contributed by atoms with Crippen molar-refractivity contribution in [3.05, 3.63) is 29.8 Å². The van der Waals surface area contributed by atoms with E-state index < -0.39 is 6.61 Å². The highest BCUT2D eigenvalue weighted by atomic mass is 35.5. The second-order valence-electron chi connectivity index (χ2n) is 4.51. The van der Waals surface area contributed by atoms with Gasteiger partial charge in [0.05, 0.1) is 0 Å². The van der Waals surface area contributed by atoms with Crippen molar-refractivity contribution in [3.63, 3.8) is 0 Å². The molecular weight excluding hydrogens is 290 g/mol. The van der Waals surface area contributed by atoms with Crippen molar-refractivity contribution in [2.45, 2.75) is 19.6 Å². The molecule has 1 heterocycles. The zero-order chi connectivity index (χ0) is 13.8. The summed E-state index contributed by atoms with van der Waals surface area (Å²) >= 11 is 0. The summed E-state index contributed by atoms with van der Waals surface area (Å²) in [5, 5.41) is 3.25. The van der Waals surface area contributed by atoms with Gasteiger partial charge in [0, 0.05) is 31.2 Å². The van der Waals surface area contributed by atoms with E-state index in [-0.39, 0.29) is 30.1 Å². The lowest BCUT2D eigenvalue weighted by Gasteiger charge is -2.32. The van der Waals surface area contributed by atoms with Crippen molar-refractivity contribution in [3.8, 4) is 5.75 Å². The summed E-state index contributed by atoms with van der Waals surface area (Å²) in [6.07, 6.45) is 0. The standard InChI is InChI=1S/C13H16F2N2O2.ClH/c1-9-8-17(7-6-16-9)12(18)10-2-4-11(5-3-10)19-13(14)15;/h2-5,9,13,16H,6-8H2,1H3;1H/t9-;/m1./s1. The maximum atomic E-state index is 12.2. The molecule has 1 saturated heterocycles. The fourth-order valence-electron chi connectivity index (χ4n) is 2.08. The molecule has 0 aromatic heterocycles. The van der Waals surface area contributed by atoms with Gasteiger partial charge in [0.15, 0.2) is 0 Å². The molecule has 1 amide bonds. The Bertz CT molecular complexity index is 443. The Morgan fingerprint density at radius 1 is 1.40 bits per heavy atom. The van der Waals surface area contributed by atoms with E-state index in [9.17, 15) is 13.6 Å². The van der Waals surface area contributed by atoms with Crippen LogP contribution in [0.1, 0.15) is 17.3 Å². The largest absolute Gasteiger partial charge is 0.435 e. The molecule has 0 spiro atoms. The molecule has 0 saturated carbocycles. The van der Waals surface area contributed by atoms with Gasteiger partial charge in [-0.25, -0.2) is 0 Å². The van der Waals surface area contributed by atoms with Crippen molar-refractivity contribution < 1.29 is 18.3 Å². The van der Waals surface area contributed by atoms with Crippen molar-refractivity contribution in [2.24, 2.45) is 0 Å². The SMILES string of the molecule is C[C@@H]1CN(C(=O)c2ccc(OC(F)F)cc2)CCN1.Cl. The third kappa shape index (κ3) is 4.31. The van der Waals surface area contributed by atoms with Gasteiger partial charge in [0.2, 0.25) is 0 Å². The Hall–Kier alpha value is -1.40. The summed E-state index contributed by atoms with van der Waals surface area (Å²) in [6.45, 7) is 1.22. The highest BCUT2D eigenvalue weighted by Gasteiger charge is 2.21. The van der Waals surface area contributed by atoms with Gasteiger partial charge in [-0.2, -0.15) is 8.78 Å². The van der Waals surface area contributed by atoms with Crippen LogP contribution in [0.25, 0.3) is 0 Å². The number of ether oxygens (including phenoxy) is 1. The minimum absolute atomic E-state index is 0. The summed E-state index contributed by atoms with van der Waals surface area (Å²) in [7, 11) is 0. The Labute approximate surface area is 122 Å². The van der Waals surface area contributed by atoms with Crippen LogP contribution in [0.4, 0.5) is 8.78 Å². The molecule has 1 aromatic carbocycles. The van der Waals surface area contributed by atoms with Crippen molar-refractivity contribution in [1.29, 1.82) is 0 Å². The Balaban J connectivity index is 0.00000200. The average Bonchev–Trinajstić information content (AvgIpc) is 2.38. The third-order valence-electron chi connectivity index (χ3n) is 2.98. The van der Waals surface area contributed by atoms with Gasteiger partial charge < -0.3 is 15.0 Å². The second-order valence-corrected chi connectivity index (χ2v) is 4.51. The lowest BCUT2D eigenvalue weighted by Crippen LogP contribution is -2.51. The molecule has 0 unspecified atom stereocenters. The van der Waals surface area contributed by atoms with E-state index >= 15 is 0 Å². The van der Waals surface area contributed by atoms with Crippen LogP contribution < -0.4 is 10.1 Å². The Morgan fingerprint density at radius 2 is 2.05 bits per heavy atom. The number of halogens is 3. The van der Waals surface area contributed by atoms with Crippen LogP contribution >= 0.6 is 12.4 Å². The van der Waals surface area contributed by atoms with Crippen LogP contribution in [0.2, 0.25) is 0 Å². The maximum Gasteiger partial charge on any atom is 0.387 e. The number of benzene rings is 1. The molecule has 2 rings (SSSR count). The number of carbonyl (C=O) groups excluding carboxylic acids is 1. The first kappa shape index (κ1) is 16.7. The Kier molecular flexibility index (Phi) is 6.16. The maximum absolute atomic E-state index is 12.2. The van der Waals surface area contributed by atoms with E-state index in [1.165, 1.54) is 24.3 Å². The summed E-state index contributed by atoms with van der Waals surface area (Å²) in [5.41, 5.74) is 0.482. The van der Waals surface area contributed by atoms with Crippen LogP contribution in [-0.4, -0.2) is 43.1 Å². The van der Waals surface area contributed by atoms with E-state index in [1.807, 2.05) is 6.92 Å². The van der Waals surface area contributed by atoms with Crippen LogP contribution in [0.15, 0.2) is 24.3 Å². The molecule has 1 aliphatic rings. The molecule has 7 heteroatoms. The first-order chi connectivity index (χ1) is 9.06. The van der Waals surface area contributed by atoms with E-state index in [0.29, 0.717) is 18.7 Å². The Morgan fingerprint density at radius 3 is 2.60 bits per heavy atom. The fraction of sp³-hybridized carbons (Fsp3) is 0.462. The first-order valence-electron chi connectivity index (χ1n) is 6.14. The average molecular weight is 307 g/mol. The lowest BCUT2D eigenvalue weighted by molar-refractivity contribution is -0.0498. The summed E-state index contributed by atoms with van der Waals surface area (Å²) < 4.78 is 28.3. The zero-order valence-corrected chi connectivity index (χ0v) is 11.8. The van der Waals surface area contributed by atoms with Crippen LogP contribution in [0, 0.1) is 0 Å². The molecule has 1 fully saturated rings. The number of alkyl halides is 2. The molecule has 112 valence electrons. The molecule has 1 aliphatic heterocycles. The molecule has 1 aromatic rings. The van der Waals surface area contributed by atoms with Gasteiger partial charge in [-0.15, -0.1) is 12.4 Å². The summed E-state index contributed by atoms with van der Waals surface area (Å²) in [4.78, 5) is 13.9. The number of nitrogens with zero attached hydrogens (tertiary/aromatic N) is 1. The number of rotatable bonds is 3. The van der Waals surface area contributed by atoms with Crippen LogP contribution in [0.5, 0.6) is 5.75 Å². The second kappa shape index (κ2) is 7.40. The summed E-state index contributed by atoms with van der Waals surface area (Å²) in [5.74, 6) is -0.0304. The molecule has 20 heavy (non-hydrogen) atoms. The van der Waals surface area contributed by atoms with E-state index in [4.69, 9.17) is 0 Å². The van der Waals surface area contributed by atoms with Crippen LogP contribution in [-0.2, 0) is 0 Å². The van der Waals surface area contributed by atoms with Gasteiger partial charge in [-0.1, -0.05) is 0 Å². The predicted octanol–water partition coefficient (Wildman–Crippen LogP) is 2.14. The molecule has 0 radical (unpaired) electrons. The monoisotopic (exact) mass is 306 g/mol. The van der Waals surface area contributed by atoms with Gasteiger partial charge in [0.1, 0.15) is 5.75 Å². The predicted molar refractivity (Wildman–Crippen MR) is 73.7 cm³/mol. The van der Waals surface area contributed by atoms with Gasteiger partial charge in [-0.05, 0) is 31.2 Å². The topological polar surface area (TPSA) is 41.6 Å². The highest BCUT2D eigenvalue weighted by Crippen LogP contribution is 2.16. The molecule has 0 bridgehead atoms. The quantitative estimate of drug-likeness (QED) is 0.930. The number of piperazine rings is 1. The molecule has 1 atom stereocenters. The number of hydrogen-bond donors (Lipinski definition) is 1. The molecule has 1 N–H and O–H groups in total.